The van der Waals surface area contributed by atoms with Crippen LogP contribution in [-0.4, -0.2) is 41.7 Å². The summed E-state index contributed by atoms with van der Waals surface area (Å²) in [6.45, 7) is 1.74. The number of likely N-dealkylation sites (tertiary alicyclic amines) is 1. The second-order valence-electron chi connectivity index (χ2n) is 4.21. The van der Waals surface area contributed by atoms with Crippen molar-refractivity contribution >= 4 is 34.2 Å². The van der Waals surface area contributed by atoms with Crippen molar-refractivity contribution in [3.63, 3.8) is 0 Å². The highest BCUT2D eigenvalue weighted by Gasteiger charge is 2.21. The van der Waals surface area contributed by atoms with Crippen LogP contribution in [0.15, 0.2) is 24.3 Å². The van der Waals surface area contributed by atoms with Gasteiger partial charge in [0.15, 0.2) is 0 Å². The number of nitrogens with one attached hydrogen (secondary N) is 1. The molecule has 17 heavy (non-hydrogen) atoms. The minimum absolute atomic E-state index is 0.0248. The van der Waals surface area contributed by atoms with Crippen LogP contribution in [0, 0.1) is 3.57 Å². The minimum atomic E-state index is -0.278. The number of rotatable bonds is 3. The SMILES string of the molecule is O=C(CN1CC[C@H](O)C1)Nc1ccccc1I. The molecule has 2 N–H and O–H groups in total. The summed E-state index contributed by atoms with van der Waals surface area (Å²) in [6, 6.07) is 7.68. The van der Waals surface area contributed by atoms with E-state index in [1.54, 1.807) is 0 Å². The summed E-state index contributed by atoms with van der Waals surface area (Å²) in [5.41, 5.74) is 0.845. The lowest BCUT2D eigenvalue weighted by molar-refractivity contribution is -0.117. The predicted octanol–water partition coefficient (Wildman–Crippen LogP) is 1.30. The summed E-state index contributed by atoms with van der Waals surface area (Å²) >= 11 is 2.19. The van der Waals surface area contributed by atoms with Gasteiger partial charge in [-0.05, 0) is 41.1 Å². The second-order valence-corrected chi connectivity index (χ2v) is 5.37. The van der Waals surface area contributed by atoms with Gasteiger partial charge < -0.3 is 10.4 Å². The molecule has 1 aliphatic heterocycles. The molecule has 1 saturated heterocycles. The molecule has 1 atom stereocenters. The first-order valence-corrected chi connectivity index (χ1v) is 6.68. The maximum Gasteiger partial charge on any atom is 0.238 e. The molecule has 0 radical (unpaired) electrons. The molecule has 1 heterocycles. The highest BCUT2D eigenvalue weighted by Crippen LogP contribution is 2.17. The number of nitrogens with zero attached hydrogens (tertiary/aromatic N) is 1. The first-order chi connectivity index (χ1) is 8.15. The molecule has 0 aromatic heterocycles. The van der Waals surface area contributed by atoms with Gasteiger partial charge in [0.1, 0.15) is 0 Å². The van der Waals surface area contributed by atoms with E-state index >= 15 is 0 Å². The lowest BCUT2D eigenvalue weighted by Crippen LogP contribution is -2.32. The van der Waals surface area contributed by atoms with Gasteiger partial charge in [-0.15, -0.1) is 0 Å². The minimum Gasteiger partial charge on any atom is -0.392 e. The molecule has 5 heteroatoms. The van der Waals surface area contributed by atoms with E-state index in [0.717, 1.165) is 22.2 Å². The molecule has 0 spiro atoms. The van der Waals surface area contributed by atoms with Crippen LogP contribution < -0.4 is 5.32 Å². The third-order valence-electron chi connectivity index (χ3n) is 2.76. The maximum atomic E-state index is 11.8. The number of halogens is 1. The fourth-order valence-corrected chi connectivity index (χ4v) is 2.43. The summed E-state index contributed by atoms with van der Waals surface area (Å²) in [6.07, 6.45) is 0.482. The zero-order valence-electron chi connectivity index (χ0n) is 9.40. The number of hydrogen-bond donors (Lipinski definition) is 2. The van der Waals surface area contributed by atoms with Crippen molar-refractivity contribution in [2.75, 3.05) is 25.0 Å². The van der Waals surface area contributed by atoms with E-state index in [9.17, 15) is 9.90 Å². The Labute approximate surface area is 114 Å². The largest absolute Gasteiger partial charge is 0.392 e. The topological polar surface area (TPSA) is 52.6 Å². The van der Waals surface area contributed by atoms with Crippen LogP contribution in [0.25, 0.3) is 0 Å². The summed E-state index contributed by atoms with van der Waals surface area (Å²) in [7, 11) is 0. The van der Waals surface area contributed by atoms with Crippen LogP contribution >= 0.6 is 22.6 Å². The highest BCUT2D eigenvalue weighted by molar-refractivity contribution is 14.1. The zero-order valence-corrected chi connectivity index (χ0v) is 11.6. The number of aliphatic hydroxyl groups is 1. The monoisotopic (exact) mass is 346 g/mol. The first kappa shape index (κ1) is 12.8. The van der Waals surface area contributed by atoms with Crippen molar-refractivity contribution in [3.8, 4) is 0 Å². The quantitative estimate of drug-likeness (QED) is 0.812. The molecule has 92 valence electrons. The van der Waals surface area contributed by atoms with Gasteiger partial charge in [0.2, 0.25) is 5.91 Å². The van der Waals surface area contributed by atoms with E-state index in [2.05, 4.69) is 27.9 Å². The van der Waals surface area contributed by atoms with E-state index in [-0.39, 0.29) is 12.0 Å². The standard InChI is InChI=1S/C12H15IN2O2/c13-10-3-1-2-4-11(10)14-12(17)8-15-6-5-9(16)7-15/h1-4,9,16H,5-8H2,(H,14,17)/t9-/m0/s1. The number of para-hydroxylation sites is 1. The summed E-state index contributed by atoms with van der Waals surface area (Å²) < 4.78 is 1.03. The van der Waals surface area contributed by atoms with Crippen LogP contribution in [-0.2, 0) is 4.79 Å². The van der Waals surface area contributed by atoms with Crippen molar-refractivity contribution in [2.24, 2.45) is 0 Å². The average molecular weight is 346 g/mol. The number of aliphatic hydroxyl groups excluding tert-OH is 1. The van der Waals surface area contributed by atoms with Gasteiger partial charge in [0.05, 0.1) is 18.3 Å². The fraction of sp³-hybridized carbons (Fsp3) is 0.417. The van der Waals surface area contributed by atoms with Crippen molar-refractivity contribution in [1.29, 1.82) is 0 Å². The van der Waals surface area contributed by atoms with Gasteiger partial charge in [-0.25, -0.2) is 0 Å². The average Bonchev–Trinajstić information content (AvgIpc) is 2.67. The molecule has 0 aliphatic carbocycles. The Kier molecular flexibility index (Phi) is 4.36. The zero-order chi connectivity index (χ0) is 12.3. The Morgan fingerprint density at radius 2 is 2.29 bits per heavy atom. The predicted molar refractivity (Wildman–Crippen MR) is 74.9 cm³/mol. The molecule has 1 aromatic rings. The molecule has 0 unspecified atom stereocenters. The van der Waals surface area contributed by atoms with Gasteiger partial charge >= 0.3 is 0 Å². The second kappa shape index (κ2) is 5.79. The summed E-state index contributed by atoms with van der Waals surface area (Å²) in [5, 5.41) is 12.3. The first-order valence-electron chi connectivity index (χ1n) is 5.60. The molecule has 2 rings (SSSR count). The molecule has 1 aromatic carbocycles. The number of amides is 1. The van der Waals surface area contributed by atoms with Crippen molar-refractivity contribution < 1.29 is 9.90 Å². The number of benzene rings is 1. The van der Waals surface area contributed by atoms with E-state index in [0.29, 0.717) is 13.1 Å². The number of anilines is 1. The van der Waals surface area contributed by atoms with Crippen molar-refractivity contribution in [2.45, 2.75) is 12.5 Å². The van der Waals surface area contributed by atoms with Crippen LogP contribution in [0.1, 0.15) is 6.42 Å². The van der Waals surface area contributed by atoms with E-state index in [1.807, 2.05) is 29.2 Å². The highest BCUT2D eigenvalue weighted by atomic mass is 127. The third kappa shape index (κ3) is 3.65. The Morgan fingerprint density at radius 3 is 2.94 bits per heavy atom. The molecule has 4 nitrogen and oxygen atoms in total. The van der Waals surface area contributed by atoms with Gasteiger partial charge in [-0.1, -0.05) is 12.1 Å². The molecule has 0 saturated carbocycles. The lowest BCUT2D eigenvalue weighted by Gasteiger charge is -2.14. The van der Waals surface area contributed by atoms with Gasteiger partial charge in [-0.3, -0.25) is 9.69 Å². The van der Waals surface area contributed by atoms with Crippen LogP contribution in [0.3, 0.4) is 0 Å². The normalized spacial score (nSPS) is 20.5. The molecule has 0 bridgehead atoms. The van der Waals surface area contributed by atoms with Crippen LogP contribution in [0.4, 0.5) is 5.69 Å². The Bertz CT molecular complexity index is 411. The molecule has 1 fully saturated rings. The number of carbonyl (C=O) groups excluding carboxylic acids is 1. The summed E-state index contributed by atoms with van der Waals surface area (Å²) in [5.74, 6) is -0.0248. The van der Waals surface area contributed by atoms with Crippen molar-refractivity contribution in [3.05, 3.63) is 27.8 Å². The third-order valence-corrected chi connectivity index (χ3v) is 3.70. The Hall–Kier alpha value is -0.660. The molecule has 1 amide bonds. The number of hydrogen-bond acceptors (Lipinski definition) is 3. The van der Waals surface area contributed by atoms with Gasteiger partial charge in [0, 0.05) is 16.7 Å². The number of β-amino-alcohol motifs (C(OH)–C–C–N with tert-alkyl or cyclic N) is 1. The maximum absolute atomic E-state index is 11.8. The summed E-state index contributed by atoms with van der Waals surface area (Å²) in [4.78, 5) is 13.8. The Balaban J connectivity index is 1.87. The van der Waals surface area contributed by atoms with E-state index in [1.165, 1.54) is 0 Å². The van der Waals surface area contributed by atoms with E-state index in [4.69, 9.17) is 0 Å². The molecule has 1 aliphatic rings. The van der Waals surface area contributed by atoms with Crippen LogP contribution in [0.5, 0.6) is 0 Å². The number of carbonyl (C=O) groups is 1. The fourth-order valence-electron chi connectivity index (χ4n) is 1.91. The lowest BCUT2D eigenvalue weighted by atomic mass is 10.3. The van der Waals surface area contributed by atoms with Gasteiger partial charge in [-0.2, -0.15) is 0 Å². The Morgan fingerprint density at radius 1 is 1.53 bits per heavy atom. The molecular formula is C12H15IN2O2. The van der Waals surface area contributed by atoms with Gasteiger partial charge in [0.25, 0.3) is 0 Å². The van der Waals surface area contributed by atoms with Crippen LogP contribution in [0.2, 0.25) is 0 Å². The van der Waals surface area contributed by atoms with E-state index < -0.39 is 0 Å². The smallest absolute Gasteiger partial charge is 0.238 e. The van der Waals surface area contributed by atoms with Crippen molar-refractivity contribution in [1.82, 2.24) is 4.90 Å². The molecular weight excluding hydrogens is 331 g/mol.